The molecule has 3 saturated heterocycles. The maximum absolute atomic E-state index is 13.3. The highest BCUT2D eigenvalue weighted by Crippen LogP contribution is 2.39. The number of likely N-dealkylation sites (N-methyl/N-ethyl adjacent to an activating group) is 1. The molecule has 2 aliphatic carbocycles. The van der Waals surface area contributed by atoms with Crippen molar-refractivity contribution in [3.05, 3.63) is 48.1 Å². The van der Waals surface area contributed by atoms with Gasteiger partial charge in [0.1, 0.15) is 6.54 Å². The normalized spacial score (nSPS) is 37.9. The Morgan fingerprint density at radius 2 is 2.04 bits per heavy atom. The Morgan fingerprint density at radius 3 is 2.65 bits per heavy atom. The number of aliphatic hydroxyl groups is 1. The average molecular weight is 356 g/mol. The van der Waals surface area contributed by atoms with Crippen LogP contribution >= 0.6 is 0 Å². The van der Waals surface area contributed by atoms with E-state index in [1.807, 2.05) is 42.5 Å². The van der Waals surface area contributed by atoms with E-state index < -0.39 is 11.6 Å². The number of fused-ring (bicyclic) bond motifs is 3. The van der Waals surface area contributed by atoms with Crippen molar-refractivity contribution in [2.24, 2.45) is 11.8 Å². The molecular weight excluding hydrogens is 326 g/mol. The van der Waals surface area contributed by atoms with E-state index in [9.17, 15) is 9.90 Å². The van der Waals surface area contributed by atoms with Crippen LogP contribution in [-0.2, 0) is 9.53 Å². The van der Waals surface area contributed by atoms with Crippen LogP contribution in [-0.4, -0.2) is 53.9 Å². The minimum Gasteiger partial charge on any atom is -0.454 e. The van der Waals surface area contributed by atoms with Crippen molar-refractivity contribution in [3.63, 3.8) is 0 Å². The molecular formula is C22H30NO3+. The predicted molar refractivity (Wildman–Crippen MR) is 101 cm³/mol. The predicted octanol–water partition coefficient (Wildman–Crippen LogP) is 2.91. The first-order chi connectivity index (χ1) is 12.5. The van der Waals surface area contributed by atoms with Gasteiger partial charge in [-0.05, 0) is 24.8 Å². The highest BCUT2D eigenvalue weighted by Gasteiger charge is 2.51. The number of nitrogens with zero attached hydrogens (tertiary/aromatic N) is 1. The molecule has 3 atom stereocenters. The van der Waals surface area contributed by atoms with Crippen LogP contribution in [0.5, 0.6) is 0 Å². The van der Waals surface area contributed by atoms with Gasteiger partial charge in [0.2, 0.25) is 0 Å². The molecule has 3 aliphatic heterocycles. The third-order valence-corrected chi connectivity index (χ3v) is 6.75. The van der Waals surface area contributed by atoms with E-state index in [2.05, 4.69) is 7.05 Å². The zero-order valence-corrected chi connectivity index (χ0v) is 15.6. The van der Waals surface area contributed by atoms with Crippen molar-refractivity contribution in [2.45, 2.75) is 43.8 Å². The zero-order valence-electron chi connectivity index (χ0n) is 15.6. The van der Waals surface area contributed by atoms with Crippen LogP contribution in [0.25, 0.3) is 0 Å². The van der Waals surface area contributed by atoms with Gasteiger partial charge in [0.25, 0.3) is 0 Å². The molecule has 0 spiro atoms. The van der Waals surface area contributed by atoms with Crippen LogP contribution in [0.2, 0.25) is 0 Å². The number of quaternary nitrogens is 1. The Kier molecular flexibility index (Phi) is 4.66. The second-order valence-electron chi connectivity index (χ2n) is 8.59. The fourth-order valence-electron chi connectivity index (χ4n) is 4.98. The summed E-state index contributed by atoms with van der Waals surface area (Å²) in [6.45, 7) is 3.22. The Hall–Kier alpha value is -1.65. The molecule has 5 aliphatic rings. The van der Waals surface area contributed by atoms with Gasteiger partial charge in [-0.3, -0.25) is 0 Å². The molecule has 5 rings (SSSR count). The molecule has 0 aromatic heterocycles. The summed E-state index contributed by atoms with van der Waals surface area (Å²) in [6, 6.07) is 0. The lowest BCUT2D eigenvalue weighted by Crippen LogP contribution is -2.63. The number of carbonyl (C=O) groups is 1. The van der Waals surface area contributed by atoms with Gasteiger partial charge in [-0.15, -0.1) is 0 Å². The Labute approximate surface area is 156 Å². The van der Waals surface area contributed by atoms with Crippen molar-refractivity contribution in [2.75, 3.05) is 26.7 Å². The highest BCUT2D eigenvalue weighted by atomic mass is 16.6. The van der Waals surface area contributed by atoms with Crippen LogP contribution in [0, 0.1) is 11.8 Å². The Morgan fingerprint density at radius 1 is 1.23 bits per heavy atom. The summed E-state index contributed by atoms with van der Waals surface area (Å²) < 4.78 is 7.01. The van der Waals surface area contributed by atoms with Gasteiger partial charge in [0, 0.05) is 24.7 Å². The van der Waals surface area contributed by atoms with Crippen molar-refractivity contribution in [1.82, 2.24) is 0 Å². The van der Waals surface area contributed by atoms with Crippen LogP contribution in [0.15, 0.2) is 48.1 Å². The van der Waals surface area contributed by atoms with Gasteiger partial charge in [-0.1, -0.05) is 42.5 Å². The molecule has 26 heavy (non-hydrogen) atoms. The van der Waals surface area contributed by atoms with E-state index >= 15 is 0 Å². The molecule has 0 aromatic carbocycles. The quantitative estimate of drug-likeness (QED) is 0.622. The molecule has 140 valence electrons. The van der Waals surface area contributed by atoms with E-state index in [1.54, 1.807) is 0 Å². The summed E-state index contributed by atoms with van der Waals surface area (Å²) in [5.74, 6) is -0.300. The number of rotatable bonds is 4. The summed E-state index contributed by atoms with van der Waals surface area (Å²) >= 11 is 0. The molecule has 3 unspecified atom stereocenters. The monoisotopic (exact) mass is 356 g/mol. The van der Waals surface area contributed by atoms with Crippen molar-refractivity contribution in [1.29, 1.82) is 0 Å². The number of esters is 1. The third kappa shape index (κ3) is 3.10. The van der Waals surface area contributed by atoms with E-state index in [4.69, 9.17) is 4.74 Å². The van der Waals surface area contributed by atoms with E-state index in [0.717, 1.165) is 36.7 Å². The SMILES string of the molecule is C[N+]12CCC(CC1)C(OC(=O)C(O)(C1=CCCC=C1)C1C=CC=CC1)C2. The largest absolute Gasteiger partial charge is 0.454 e. The van der Waals surface area contributed by atoms with Crippen LogP contribution in [0.3, 0.4) is 0 Å². The Bertz CT molecular complexity index is 682. The van der Waals surface area contributed by atoms with Gasteiger partial charge in [-0.25, -0.2) is 4.79 Å². The van der Waals surface area contributed by atoms with Gasteiger partial charge in [0.05, 0.1) is 20.1 Å². The van der Waals surface area contributed by atoms with Crippen LogP contribution in [0.1, 0.15) is 32.1 Å². The van der Waals surface area contributed by atoms with Crippen LogP contribution in [0.4, 0.5) is 0 Å². The maximum Gasteiger partial charge on any atom is 0.343 e. The number of piperidine rings is 3. The van der Waals surface area contributed by atoms with Gasteiger partial charge in [-0.2, -0.15) is 0 Å². The Balaban J connectivity index is 1.58. The summed E-state index contributed by atoms with van der Waals surface area (Å²) in [4.78, 5) is 13.3. The molecule has 0 amide bonds. The molecule has 4 nitrogen and oxygen atoms in total. The summed E-state index contributed by atoms with van der Waals surface area (Å²) in [7, 11) is 2.25. The standard InChI is InChI=1S/C22H30NO3/c1-23-14-12-17(13-15-23)20(16-23)26-21(24)22(25,18-8-4-2-5-9-18)19-10-6-3-7-11-19/h2,4-6,8,10-11,17-18,20,25H,3,7,9,12-16H2,1H3/q+1. The topological polar surface area (TPSA) is 46.5 Å². The second-order valence-corrected chi connectivity index (χ2v) is 8.59. The zero-order chi connectivity index (χ0) is 18.2. The minimum absolute atomic E-state index is 0.0715. The molecule has 3 heterocycles. The minimum atomic E-state index is -1.59. The lowest BCUT2D eigenvalue weighted by atomic mass is 9.75. The van der Waals surface area contributed by atoms with E-state index in [0.29, 0.717) is 17.9 Å². The van der Waals surface area contributed by atoms with Crippen LogP contribution < -0.4 is 0 Å². The fraction of sp³-hybridized carbons (Fsp3) is 0.591. The van der Waals surface area contributed by atoms with Gasteiger partial charge in [0.15, 0.2) is 11.7 Å². The molecule has 0 aromatic rings. The fourth-order valence-corrected chi connectivity index (χ4v) is 4.98. The number of carbonyl (C=O) groups excluding carboxylic acids is 1. The van der Waals surface area contributed by atoms with Gasteiger partial charge < -0.3 is 14.3 Å². The molecule has 0 saturated carbocycles. The van der Waals surface area contributed by atoms with Crippen molar-refractivity contribution >= 4 is 5.97 Å². The van der Waals surface area contributed by atoms with Gasteiger partial charge >= 0.3 is 5.97 Å². The number of hydrogen-bond acceptors (Lipinski definition) is 3. The first-order valence-corrected chi connectivity index (χ1v) is 9.99. The number of allylic oxidation sites excluding steroid dienone is 5. The summed E-state index contributed by atoms with van der Waals surface area (Å²) in [6.07, 6.45) is 18.4. The molecule has 1 N–H and O–H groups in total. The first-order valence-electron chi connectivity index (χ1n) is 9.99. The smallest absolute Gasteiger partial charge is 0.343 e. The molecule has 2 bridgehead atoms. The van der Waals surface area contributed by atoms with E-state index in [1.165, 1.54) is 13.1 Å². The average Bonchev–Trinajstić information content (AvgIpc) is 2.69. The lowest BCUT2D eigenvalue weighted by Gasteiger charge is -2.50. The maximum atomic E-state index is 13.3. The van der Waals surface area contributed by atoms with Crippen molar-refractivity contribution < 1.29 is 19.1 Å². The lowest BCUT2D eigenvalue weighted by molar-refractivity contribution is -0.928. The first kappa shape index (κ1) is 17.7. The molecule has 4 heteroatoms. The summed E-state index contributed by atoms with van der Waals surface area (Å²) in [5.41, 5.74) is -0.900. The number of ether oxygens (including phenoxy) is 1. The highest BCUT2D eigenvalue weighted by molar-refractivity contribution is 5.85. The second kappa shape index (κ2) is 6.82. The molecule has 3 fully saturated rings. The summed E-state index contributed by atoms with van der Waals surface area (Å²) in [5, 5.41) is 11.6. The van der Waals surface area contributed by atoms with Crippen molar-refractivity contribution in [3.8, 4) is 0 Å². The molecule has 0 radical (unpaired) electrons. The third-order valence-electron chi connectivity index (χ3n) is 6.75. The van der Waals surface area contributed by atoms with E-state index in [-0.39, 0.29) is 12.0 Å². The number of hydrogen-bond donors (Lipinski definition) is 1.